The number of hydrogen-bond acceptors (Lipinski definition) is 5. The van der Waals surface area contributed by atoms with Crippen molar-refractivity contribution in [3.05, 3.63) is 44.8 Å². The summed E-state index contributed by atoms with van der Waals surface area (Å²) < 4.78 is 6.44. The zero-order chi connectivity index (χ0) is 16.8. The van der Waals surface area contributed by atoms with Crippen molar-refractivity contribution in [3.8, 4) is 5.75 Å². The van der Waals surface area contributed by atoms with Gasteiger partial charge in [-0.2, -0.15) is 0 Å². The molecule has 23 heavy (non-hydrogen) atoms. The maximum atomic E-state index is 12.0. The second-order valence-electron chi connectivity index (χ2n) is 4.69. The molecule has 0 bridgehead atoms. The van der Waals surface area contributed by atoms with Gasteiger partial charge in [0, 0.05) is 22.8 Å². The Morgan fingerprint density at radius 2 is 2.26 bits per heavy atom. The van der Waals surface area contributed by atoms with Crippen molar-refractivity contribution < 1.29 is 19.4 Å². The molecule has 0 aliphatic rings. The van der Waals surface area contributed by atoms with Crippen molar-refractivity contribution in [2.75, 3.05) is 6.54 Å². The van der Waals surface area contributed by atoms with Crippen LogP contribution in [-0.2, 0) is 11.2 Å². The first-order valence-corrected chi connectivity index (χ1v) is 8.50. The molecular weight excluding hydrogens is 384 g/mol. The van der Waals surface area contributed by atoms with Crippen molar-refractivity contribution in [2.24, 2.45) is 0 Å². The first-order chi connectivity index (χ1) is 11.0. The minimum absolute atomic E-state index is 0.0303. The summed E-state index contributed by atoms with van der Waals surface area (Å²) in [6.45, 7) is 2.04. The number of hydrogen-bond donors (Lipinski definition) is 2. The number of carboxylic acids is 1. The number of aromatic nitrogens is 1. The fourth-order valence-corrected chi connectivity index (χ4v) is 2.91. The van der Waals surface area contributed by atoms with Gasteiger partial charge in [-0.1, -0.05) is 22.0 Å². The van der Waals surface area contributed by atoms with E-state index in [4.69, 9.17) is 9.84 Å². The summed E-state index contributed by atoms with van der Waals surface area (Å²) in [5, 5.41) is 13.7. The lowest BCUT2D eigenvalue weighted by Gasteiger charge is -2.14. The van der Waals surface area contributed by atoms with Crippen molar-refractivity contribution in [1.82, 2.24) is 10.3 Å². The van der Waals surface area contributed by atoms with Crippen LogP contribution in [0.25, 0.3) is 0 Å². The van der Waals surface area contributed by atoms with Crippen LogP contribution in [0.3, 0.4) is 0 Å². The van der Waals surface area contributed by atoms with Crippen molar-refractivity contribution in [2.45, 2.75) is 19.4 Å². The van der Waals surface area contributed by atoms with Gasteiger partial charge in [0.1, 0.15) is 5.75 Å². The number of carbonyl (C=O) groups is 2. The van der Waals surface area contributed by atoms with E-state index in [-0.39, 0.29) is 11.6 Å². The number of benzene rings is 1. The van der Waals surface area contributed by atoms with Gasteiger partial charge < -0.3 is 15.2 Å². The molecule has 1 heterocycles. The molecule has 6 nitrogen and oxygen atoms in total. The van der Waals surface area contributed by atoms with Crippen LogP contribution in [0.5, 0.6) is 5.75 Å². The molecule has 2 aromatic rings. The van der Waals surface area contributed by atoms with Crippen LogP contribution in [0, 0.1) is 0 Å². The van der Waals surface area contributed by atoms with E-state index in [1.54, 1.807) is 19.1 Å². The topological polar surface area (TPSA) is 88.5 Å². The Hall–Kier alpha value is -1.93. The summed E-state index contributed by atoms with van der Waals surface area (Å²) in [6, 6.07) is 7.26. The molecule has 0 spiro atoms. The number of halogens is 1. The van der Waals surface area contributed by atoms with E-state index in [1.807, 2.05) is 12.1 Å². The monoisotopic (exact) mass is 398 g/mol. The Labute approximate surface area is 145 Å². The minimum Gasteiger partial charge on any atom is -0.481 e. The molecule has 0 aliphatic heterocycles. The highest BCUT2D eigenvalue weighted by molar-refractivity contribution is 9.10. The smallest absolute Gasteiger partial charge is 0.355 e. The maximum Gasteiger partial charge on any atom is 0.355 e. The highest BCUT2D eigenvalue weighted by Crippen LogP contribution is 2.18. The number of ether oxygens (including phenoxy) is 1. The lowest BCUT2D eigenvalue weighted by Crippen LogP contribution is -2.37. The Balaban J connectivity index is 1.78. The van der Waals surface area contributed by atoms with E-state index in [2.05, 4.69) is 26.2 Å². The quantitative estimate of drug-likeness (QED) is 0.748. The number of nitrogens with one attached hydrogen (secondary N) is 1. The lowest BCUT2D eigenvalue weighted by atomic mass is 10.3. The third-order valence-corrected chi connectivity index (χ3v) is 4.29. The third kappa shape index (κ3) is 5.33. The number of amides is 1. The molecule has 0 fully saturated rings. The Bertz CT molecular complexity index is 704. The van der Waals surface area contributed by atoms with Gasteiger partial charge in [-0.05, 0) is 25.1 Å². The van der Waals surface area contributed by atoms with Crippen molar-refractivity contribution in [3.63, 3.8) is 0 Å². The molecule has 0 aliphatic carbocycles. The molecule has 2 N–H and O–H groups in total. The molecule has 122 valence electrons. The fraction of sp³-hybridized carbons (Fsp3) is 0.267. The van der Waals surface area contributed by atoms with Gasteiger partial charge in [0.2, 0.25) is 0 Å². The summed E-state index contributed by atoms with van der Waals surface area (Å²) in [5.74, 6) is -0.680. The molecule has 1 amide bonds. The molecule has 1 aromatic carbocycles. The van der Waals surface area contributed by atoms with E-state index in [0.29, 0.717) is 23.7 Å². The van der Waals surface area contributed by atoms with Crippen molar-refractivity contribution >= 4 is 39.1 Å². The Kier molecular flexibility index (Phi) is 6.12. The van der Waals surface area contributed by atoms with Crippen LogP contribution < -0.4 is 10.1 Å². The van der Waals surface area contributed by atoms with Gasteiger partial charge in [0.25, 0.3) is 5.91 Å². The molecule has 0 saturated heterocycles. The van der Waals surface area contributed by atoms with Crippen molar-refractivity contribution in [1.29, 1.82) is 0 Å². The first kappa shape index (κ1) is 17.4. The highest BCUT2D eigenvalue weighted by Gasteiger charge is 2.15. The highest BCUT2D eigenvalue weighted by atomic mass is 79.9. The summed E-state index contributed by atoms with van der Waals surface area (Å²) in [7, 11) is 0. The van der Waals surface area contributed by atoms with E-state index in [0.717, 1.165) is 4.47 Å². The van der Waals surface area contributed by atoms with E-state index >= 15 is 0 Å². The standard InChI is InChI=1S/C15H15BrN2O4S/c1-9(22-11-4-2-3-10(16)7-11)14(19)17-6-5-13-18-12(8-23-13)15(20)21/h2-4,7-9H,5-6H2,1H3,(H,17,19)(H,20,21). The number of carbonyl (C=O) groups excluding carboxylic acids is 1. The average Bonchev–Trinajstić information content (AvgIpc) is 2.96. The SMILES string of the molecule is CC(Oc1cccc(Br)c1)C(=O)NCCc1nc(C(=O)O)cs1. The van der Waals surface area contributed by atoms with Crippen LogP contribution in [-0.4, -0.2) is 34.6 Å². The van der Waals surface area contributed by atoms with Gasteiger partial charge in [-0.15, -0.1) is 11.3 Å². The van der Waals surface area contributed by atoms with Crippen LogP contribution in [0.15, 0.2) is 34.1 Å². The Morgan fingerprint density at radius 1 is 1.48 bits per heavy atom. The zero-order valence-corrected chi connectivity index (χ0v) is 14.7. The third-order valence-electron chi connectivity index (χ3n) is 2.89. The summed E-state index contributed by atoms with van der Waals surface area (Å²) in [4.78, 5) is 26.7. The molecule has 1 aromatic heterocycles. The average molecular weight is 399 g/mol. The van der Waals surface area contributed by atoms with Crippen LogP contribution in [0.4, 0.5) is 0 Å². The maximum absolute atomic E-state index is 12.0. The predicted molar refractivity (Wildman–Crippen MR) is 90.0 cm³/mol. The molecule has 0 saturated carbocycles. The number of thiazole rings is 1. The second-order valence-corrected chi connectivity index (χ2v) is 6.55. The summed E-state index contributed by atoms with van der Waals surface area (Å²) >= 11 is 4.60. The number of carboxylic acid groups (broad SMARTS) is 1. The summed E-state index contributed by atoms with van der Waals surface area (Å²) in [6.07, 6.45) is -0.150. The van der Waals surface area contributed by atoms with Gasteiger partial charge >= 0.3 is 5.97 Å². The predicted octanol–water partition coefficient (Wildman–Crippen LogP) is 2.73. The fourth-order valence-electron chi connectivity index (χ4n) is 1.76. The van der Waals surface area contributed by atoms with Gasteiger partial charge in [0.05, 0.1) is 5.01 Å². The van der Waals surface area contributed by atoms with E-state index in [9.17, 15) is 9.59 Å². The minimum atomic E-state index is -1.05. The number of rotatable bonds is 7. The molecular formula is C15H15BrN2O4S. The largest absolute Gasteiger partial charge is 0.481 e. The van der Waals surface area contributed by atoms with E-state index in [1.165, 1.54) is 16.7 Å². The summed E-state index contributed by atoms with van der Waals surface area (Å²) in [5.41, 5.74) is 0.0303. The lowest BCUT2D eigenvalue weighted by molar-refractivity contribution is -0.127. The molecule has 0 radical (unpaired) electrons. The van der Waals surface area contributed by atoms with Gasteiger partial charge in [-0.3, -0.25) is 4.79 Å². The Morgan fingerprint density at radius 3 is 2.91 bits per heavy atom. The normalized spacial score (nSPS) is 11.7. The molecule has 1 unspecified atom stereocenters. The van der Waals surface area contributed by atoms with E-state index < -0.39 is 12.1 Å². The molecule has 2 rings (SSSR count). The molecule has 8 heteroatoms. The van der Waals surface area contributed by atoms with Crippen LogP contribution in [0.1, 0.15) is 22.4 Å². The van der Waals surface area contributed by atoms with Crippen LogP contribution >= 0.6 is 27.3 Å². The number of aromatic carboxylic acids is 1. The van der Waals surface area contributed by atoms with Gasteiger partial charge in [-0.25, -0.2) is 9.78 Å². The second kappa shape index (κ2) is 8.07. The first-order valence-electron chi connectivity index (χ1n) is 6.83. The number of nitrogens with zero attached hydrogens (tertiary/aromatic N) is 1. The zero-order valence-electron chi connectivity index (χ0n) is 12.3. The molecule has 1 atom stereocenters. The van der Waals surface area contributed by atoms with Gasteiger partial charge in [0.15, 0.2) is 11.8 Å². The van der Waals surface area contributed by atoms with Crippen LogP contribution in [0.2, 0.25) is 0 Å².